The van der Waals surface area contributed by atoms with E-state index >= 15 is 0 Å². The highest BCUT2D eigenvalue weighted by atomic mass is 35.5. The number of hydrogen-bond acceptors (Lipinski definition) is 4. The Bertz CT molecular complexity index is 629. The third kappa shape index (κ3) is 6.11. The predicted octanol–water partition coefficient (Wildman–Crippen LogP) is 3.91. The van der Waals surface area contributed by atoms with Crippen LogP contribution in [0.15, 0.2) is 47.1 Å². The van der Waals surface area contributed by atoms with E-state index in [9.17, 15) is 4.79 Å². The summed E-state index contributed by atoms with van der Waals surface area (Å²) in [6, 6.07) is 11.1. The van der Waals surface area contributed by atoms with Crippen LogP contribution in [0.3, 0.4) is 0 Å². The Morgan fingerprint density at radius 3 is 2.64 bits per heavy atom. The summed E-state index contributed by atoms with van der Waals surface area (Å²) >= 11 is 0. The number of carbonyl (C=O) groups is 1. The Morgan fingerprint density at radius 1 is 1.24 bits per heavy atom. The third-order valence-electron chi connectivity index (χ3n) is 3.84. The molecule has 25 heavy (non-hydrogen) atoms. The number of carbonyl (C=O) groups excluding carboxylic acids is 1. The number of benzene rings is 1. The van der Waals surface area contributed by atoms with E-state index in [4.69, 9.17) is 9.15 Å². The van der Waals surface area contributed by atoms with Gasteiger partial charge in [0.1, 0.15) is 11.5 Å². The van der Waals surface area contributed by atoms with Crippen LogP contribution in [-0.2, 0) is 0 Å². The molecule has 5 nitrogen and oxygen atoms in total. The van der Waals surface area contributed by atoms with Crippen molar-refractivity contribution < 1.29 is 13.9 Å². The molecule has 1 N–H and O–H groups in total. The molecular weight excluding hydrogens is 340 g/mol. The fourth-order valence-corrected chi connectivity index (χ4v) is 2.41. The first kappa shape index (κ1) is 21.1. The molecule has 1 aromatic heterocycles. The van der Waals surface area contributed by atoms with Crippen molar-refractivity contribution in [2.45, 2.75) is 25.8 Å². The molecule has 0 aliphatic rings. The summed E-state index contributed by atoms with van der Waals surface area (Å²) in [6.45, 7) is 3.19. The number of rotatable bonds is 9. The van der Waals surface area contributed by atoms with Crippen molar-refractivity contribution in [1.29, 1.82) is 0 Å². The molecule has 0 radical (unpaired) electrons. The molecule has 1 heterocycles. The molecule has 0 saturated heterocycles. The summed E-state index contributed by atoms with van der Waals surface area (Å²) in [4.78, 5) is 14.6. The van der Waals surface area contributed by atoms with Crippen molar-refractivity contribution in [2.24, 2.45) is 0 Å². The highest BCUT2D eigenvalue weighted by molar-refractivity contribution is 5.96. The lowest BCUT2D eigenvalue weighted by atomic mass is 10.1. The van der Waals surface area contributed by atoms with Crippen LogP contribution in [0, 0.1) is 0 Å². The van der Waals surface area contributed by atoms with E-state index in [1.54, 1.807) is 12.3 Å². The largest absolute Gasteiger partial charge is 0.493 e. The van der Waals surface area contributed by atoms with Gasteiger partial charge in [-0.05, 0) is 44.8 Å². The second-order valence-electron chi connectivity index (χ2n) is 5.90. The zero-order chi connectivity index (χ0) is 17.4. The maximum atomic E-state index is 12.6. The number of hydrogen-bond donors (Lipinski definition) is 1. The molecule has 0 spiro atoms. The first-order valence-electron chi connectivity index (χ1n) is 8.33. The van der Waals surface area contributed by atoms with Crippen molar-refractivity contribution in [3.8, 4) is 5.75 Å². The summed E-state index contributed by atoms with van der Waals surface area (Å²) in [7, 11) is 3.92. The average Bonchev–Trinajstić information content (AvgIpc) is 3.09. The molecule has 0 saturated carbocycles. The predicted molar refractivity (Wildman–Crippen MR) is 102 cm³/mol. The molecular formula is C19H27ClN2O3. The summed E-state index contributed by atoms with van der Waals surface area (Å²) in [5.41, 5.74) is 0.561. The standard InChI is InChI=1S/C19H26N2O3.ClH/c1-4-5-12-23-17-10-7-6-9-15(17)19(22)20-14-16(21(2)3)18-11-8-13-24-18;/h6-11,13,16H,4-5,12,14H2,1-3H3,(H,20,22);1H. The highest BCUT2D eigenvalue weighted by Crippen LogP contribution is 2.20. The molecule has 1 amide bonds. The van der Waals surface area contributed by atoms with Crippen LogP contribution < -0.4 is 10.1 Å². The topological polar surface area (TPSA) is 54.7 Å². The minimum absolute atomic E-state index is 0. The number of nitrogens with zero attached hydrogens (tertiary/aromatic N) is 1. The van der Waals surface area contributed by atoms with E-state index in [0.29, 0.717) is 24.5 Å². The van der Waals surface area contributed by atoms with Gasteiger partial charge in [0.05, 0.1) is 24.5 Å². The molecule has 0 bridgehead atoms. The van der Waals surface area contributed by atoms with Gasteiger partial charge in [-0.1, -0.05) is 25.5 Å². The van der Waals surface area contributed by atoms with E-state index in [0.717, 1.165) is 18.6 Å². The second kappa shape index (κ2) is 10.8. The van der Waals surface area contributed by atoms with Crippen LogP contribution in [0.1, 0.15) is 41.9 Å². The summed E-state index contributed by atoms with van der Waals surface area (Å²) in [5, 5.41) is 2.98. The van der Waals surface area contributed by atoms with Gasteiger partial charge in [0, 0.05) is 6.54 Å². The summed E-state index contributed by atoms with van der Waals surface area (Å²) in [5.74, 6) is 1.32. The van der Waals surface area contributed by atoms with Crippen LogP contribution in [0.4, 0.5) is 0 Å². The van der Waals surface area contributed by atoms with Crippen LogP contribution >= 0.6 is 12.4 Å². The van der Waals surface area contributed by atoms with E-state index in [1.165, 1.54) is 0 Å². The third-order valence-corrected chi connectivity index (χ3v) is 3.84. The maximum absolute atomic E-state index is 12.6. The Balaban J connectivity index is 0.00000312. The van der Waals surface area contributed by atoms with Gasteiger partial charge in [0.2, 0.25) is 0 Å². The average molecular weight is 367 g/mol. The van der Waals surface area contributed by atoms with Gasteiger partial charge in [-0.15, -0.1) is 12.4 Å². The minimum Gasteiger partial charge on any atom is -0.493 e. The first-order chi connectivity index (χ1) is 11.6. The lowest BCUT2D eigenvalue weighted by Crippen LogP contribution is -2.34. The number of furan rings is 1. The fourth-order valence-electron chi connectivity index (χ4n) is 2.41. The molecule has 138 valence electrons. The van der Waals surface area contributed by atoms with Crippen molar-refractivity contribution in [3.63, 3.8) is 0 Å². The summed E-state index contributed by atoms with van der Waals surface area (Å²) < 4.78 is 11.2. The normalized spacial score (nSPS) is 11.7. The van der Waals surface area contributed by atoms with Gasteiger partial charge < -0.3 is 14.5 Å². The number of likely N-dealkylation sites (N-methyl/N-ethyl adjacent to an activating group) is 1. The molecule has 2 aromatic rings. The number of para-hydroxylation sites is 1. The lowest BCUT2D eigenvalue weighted by molar-refractivity contribution is 0.0935. The van der Waals surface area contributed by atoms with Crippen LogP contribution in [0.2, 0.25) is 0 Å². The first-order valence-corrected chi connectivity index (χ1v) is 8.33. The smallest absolute Gasteiger partial charge is 0.255 e. The molecule has 1 unspecified atom stereocenters. The van der Waals surface area contributed by atoms with Crippen LogP contribution in [-0.4, -0.2) is 38.1 Å². The number of ether oxygens (including phenoxy) is 1. The van der Waals surface area contributed by atoms with Crippen LogP contribution in [0.25, 0.3) is 0 Å². The van der Waals surface area contributed by atoms with Crippen molar-refractivity contribution in [3.05, 3.63) is 54.0 Å². The Kier molecular flexibility index (Phi) is 9.10. The zero-order valence-electron chi connectivity index (χ0n) is 15.0. The van der Waals surface area contributed by atoms with E-state index in [1.807, 2.05) is 49.3 Å². The van der Waals surface area contributed by atoms with Gasteiger partial charge >= 0.3 is 0 Å². The van der Waals surface area contributed by atoms with Crippen LogP contribution in [0.5, 0.6) is 5.75 Å². The zero-order valence-corrected chi connectivity index (χ0v) is 15.8. The SMILES string of the molecule is CCCCOc1ccccc1C(=O)NCC(c1ccco1)N(C)C.Cl. The van der Waals surface area contributed by atoms with Gasteiger partial charge in [-0.25, -0.2) is 0 Å². The van der Waals surface area contributed by atoms with E-state index in [-0.39, 0.29) is 24.4 Å². The highest BCUT2D eigenvalue weighted by Gasteiger charge is 2.19. The molecule has 0 fully saturated rings. The van der Waals surface area contributed by atoms with Gasteiger partial charge in [-0.3, -0.25) is 9.69 Å². The molecule has 6 heteroatoms. The number of halogens is 1. The number of nitrogens with one attached hydrogen (secondary N) is 1. The van der Waals surface area contributed by atoms with Gasteiger partial charge in [-0.2, -0.15) is 0 Å². The van der Waals surface area contributed by atoms with Gasteiger partial charge in [0.15, 0.2) is 0 Å². The second-order valence-corrected chi connectivity index (χ2v) is 5.90. The molecule has 1 atom stereocenters. The van der Waals surface area contributed by atoms with E-state index in [2.05, 4.69) is 12.2 Å². The van der Waals surface area contributed by atoms with Crippen molar-refractivity contribution in [1.82, 2.24) is 10.2 Å². The van der Waals surface area contributed by atoms with E-state index < -0.39 is 0 Å². The molecule has 0 aliphatic heterocycles. The monoisotopic (exact) mass is 366 g/mol. The summed E-state index contributed by atoms with van der Waals surface area (Å²) in [6.07, 6.45) is 3.67. The Hall–Kier alpha value is -1.98. The fraction of sp³-hybridized carbons (Fsp3) is 0.421. The molecule has 0 aliphatic carbocycles. The van der Waals surface area contributed by atoms with Crippen molar-refractivity contribution in [2.75, 3.05) is 27.2 Å². The number of amides is 1. The maximum Gasteiger partial charge on any atom is 0.255 e. The molecule has 2 rings (SSSR count). The quantitative estimate of drug-likeness (QED) is 0.683. The minimum atomic E-state index is -0.138. The number of unbranched alkanes of at least 4 members (excludes halogenated alkanes) is 1. The Labute approximate surface area is 155 Å². The van der Waals surface area contributed by atoms with Gasteiger partial charge in [0.25, 0.3) is 5.91 Å². The lowest BCUT2D eigenvalue weighted by Gasteiger charge is -2.22. The Morgan fingerprint density at radius 2 is 2.00 bits per heavy atom. The van der Waals surface area contributed by atoms with Crippen molar-refractivity contribution >= 4 is 18.3 Å². The molecule has 1 aromatic carbocycles.